The van der Waals surface area contributed by atoms with E-state index in [4.69, 9.17) is 0 Å². The van der Waals surface area contributed by atoms with Gasteiger partial charge in [-0.2, -0.15) is 0 Å². The summed E-state index contributed by atoms with van der Waals surface area (Å²) in [5, 5.41) is 0. The van der Waals surface area contributed by atoms with Crippen molar-refractivity contribution in [3.8, 4) is 0 Å². The lowest BCUT2D eigenvalue weighted by Gasteiger charge is -2.38. The summed E-state index contributed by atoms with van der Waals surface area (Å²) < 4.78 is 43.6. The van der Waals surface area contributed by atoms with Crippen molar-refractivity contribution < 1.29 is 22.8 Å². The van der Waals surface area contributed by atoms with Gasteiger partial charge in [-0.3, -0.25) is 9.59 Å². The Hall–Kier alpha value is -3.36. The van der Waals surface area contributed by atoms with E-state index < -0.39 is 23.5 Å². The van der Waals surface area contributed by atoms with Crippen LogP contribution in [0, 0.1) is 23.4 Å². The Morgan fingerprint density at radius 3 is 2.21 bits per heavy atom. The third-order valence-electron chi connectivity index (χ3n) is 6.09. The molecule has 2 aromatic carbocycles. The van der Waals surface area contributed by atoms with E-state index in [9.17, 15) is 22.8 Å². The highest BCUT2D eigenvalue weighted by atomic mass is 19.2. The summed E-state index contributed by atoms with van der Waals surface area (Å²) in [5.74, 6) is -2.93. The van der Waals surface area contributed by atoms with Gasteiger partial charge >= 0.3 is 0 Å². The number of halogens is 3. The molecule has 0 aliphatic carbocycles. The number of piperazine rings is 1. The summed E-state index contributed by atoms with van der Waals surface area (Å²) >= 11 is 0. The quantitative estimate of drug-likeness (QED) is 0.538. The number of aromatic nitrogens is 2. The van der Waals surface area contributed by atoms with Gasteiger partial charge in [-0.15, -0.1) is 0 Å². The van der Waals surface area contributed by atoms with Gasteiger partial charge < -0.3 is 14.4 Å². The molecule has 0 bridgehead atoms. The molecule has 1 saturated heterocycles. The average Bonchev–Trinajstić information content (AvgIpc) is 3.16. The van der Waals surface area contributed by atoms with Crippen molar-refractivity contribution in [1.29, 1.82) is 0 Å². The van der Waals surface area contributed by atoms with Gasteiger partial charge in [0.15, 0.2) is 17.4 Å². The SMILES string of the molecule is CC(=O)c1ccc(N2CCN(C(=O)C(C(C)C)n3cnc4cc(F)c(F)cc43)CC2)c(F)c1. The number of carbonyl (C=O) groups excluding carboxylic acids is 2. The maximum atomic E-state index is 14.5. The van der Waals surface area contributed by atoms with Gasteiger partial charge in [0.25, 0.3) is 0 Å². The molecule has 33 heavy (non-hydrogen) atoms. The van der Waals surface area contributed by atoms with E-state index in [0.717, 1.165) is 12.1 Å². The number of ketones is 1. The van der Waals surface area contributed by atoms with Crippen LogP contribution in [-0.4, -0.2) is 52.3 Å². The molecule has 1 aliphatic rings. The fourth-order valence-corrected chi connectivity index (χ4v) is 4.31. The topological polar surface area (TPSA) is 58.4 Å². The van der Waals surface area contributed by atoms with Crippen LogP contribution in [0.1, 0.15) is 37.2 Å². The first kappa shape index (κ1) is 22.8. The molecule has 1 aromatic heterocycles. The van der Waals surface area contributed by atoms with Crippen LogP contribution in [0.2, 0.25) is 0 Å². The highest BCUT2D eigenvalue weighted by Crippen LogP contribution is 2.28. The highest BCUT2D eigenvalue weighted by molar-refractivity contribution is 5.94. The van der Waals surface area contributed by atoms with Gasteiger partial charge in [0.2, 0.25) is 5.91 Å². The summed E-state index contributed by atoms with van der Waals surface area (Å²) in [7, 11) is 0. The molecule has 1 amide bonds. The predicted molar refractivity (Wildman–Crippen MR) is 119 cm³/mol. The minimum Gasteiger partial charge on any atom is -0.366 e. The Morgan fingerprint density at radius 1 is 0.939 bits per heavy atom. The molecule has 1 unspecified atom stereocenters. The van der Waals surface area contributed by atoms with Gasteiger partial charge in [-0.1, -0.05) is 13.8 Å². The fourth-order valence-electron chi connectivity index (χ4n) is 4.31. The van der Waals surface area contributed by atoms with E-state index in [0.29, 0.717) is 42.9 Å². The second-order valence-electron chi connectivity index (χ2n) is 8.63. The number of amides is 1. The van der Waals surface area contributed by atoms with Gasteiger partial charge in [0, 0.05) is 43.9 Å². The van der Waals surface area contributed by atoms with Crippen LogP contribution in [0.25, 0.3) is 11.0 Å². The van der Waals surface area contributed by atoms with Crippen LogP contribution in [0.3, 0.4) is 0 Å². The number of Topliss-reactive ketones (excluding diaryl/α,β-unsaturated/α-hetero) is 1. The zero-order valence-electron chi connectivity index (χ0n) is 18.7. The van der Waals surface area contributed by atoms with E-state index in [2.05, 4.69) is 4.98 Å². The van der Waals surface area contributed by atoms with E-state index in [1.54, 1.807) is 21.6 Å². The number of nitrogens with zero attached hydrogens (tertiary/aromatic N) is 4. The summed E-state index contributed by atoms with van der Waals surface area (Å²) in [5.41, 5.74) is 1.34. The van der Waals surface area contributed by atoms with Crippen molar-refractivity contribution in [3.05, 3.63) is 59.7 Å². The summed E-state index contributed by atoms with van der Waals surface area (Å²) in [4.78, 5) is 32.6. The minimum atomic E-state index is -0.995. The van der Waals surface area contributed by atoms with E-state index in [1.165, 1.54) is 19.3 Å². The van der Waals surface area contributed by atoms with Crippen LogP contribution in [-0.2, 0) is 4.79 Å². The number of imidazole rings is 1. The van der Waals surface area contributed by atoms with Crippen LogP contribution in [0.5, 0.6) is 0 Å². The first-order valence-electron chi connectivity index (χ1n) is 10.8. The molecule has 0 saturated carbocycles. The summed E-state index contributed by atoms with van der Waals surface area (Å²) in [6.45, 7) is 6.78. The van der Waals surface area contributed by atoms with Crippen LogP contribution in [0.4, 0.5) is 18.9 Å². The largest absolute Gasteiger partial charge is 0.366 e. The third kappa shape index (κ3) is 4.31. The lowest BCUT2D eigenvalue weighted by molar-refractivity contribution is -0.136. The maximum absolute atomic E-state index is 14.5. The Balaban J connectivity index is 1.52. The van der Waals surface area contributed by atoms with Crippen molar-refractivity contribution in [3.63, 3.8) is 0 Å². The molecule has 4 rings (SSSR count). The molecular weight excluding hydrogens is 433 g/mol. The minimum absolute atomic E-state index is 0.127. The van der Waals surface area contributed by atoms with Crippen LogP contribution < -0.4 is 4.90 Å². The fraction of sp³-hybridized carbons (Fsp3) is 0.375. The molecule has 1 atom stereocenters. The number of hydrogen-bond acceptors (Lipinski definition) is 4. The maximum Gasteiger partial charge on any atom is 0.246 e. The molecule has 1 aliphatic heterocycles. The van der Waals surface area contributed by atoms with Gasteiger partial charge in [-0.25, -0.2) is 18.2 Å². The van der Waals surface area contributed by atoms with Gasteiger partial charge in [0.1, 0.15) is 11.9 Å². The molecule has 1 fully saturated rings. The summed E-state index contributed by atoms with van der Waals surface area (Å²) in [6.07, 6.45) is 1.44. The standard InChI is InChI=1S/C24H25F3N4O2/c1-14(2)23(31-13-28-20-11-17(25)18(26)12-22(20)31)24(33)30-8-6-29(7-9-30)21-5-4-16(15(3)32)10-19(21)27/h4-5,10-14,23H,6-9H2,1-3H3. The first-order valence-corrected chi connectivity index (χ1v) is 10.8. The summed E-state index contributed by atoms with van der Waals surface area (Å²) in [6, 6.07) is 5.86. The Labute approximate surface area is 189 Å². The number of benzene rings is 2. The van der Waals surface area contributed by atoms with E-state index >= 15 is 0 Å². The molecule has 9 heteroatoms. The predicted octanol–water partition coefficient (Wildman–Crippen LogP) is 4.20. The molecule has 3 aromatic rings. The number of anilines is 1. The third-order valence-corrected chi connectivity index (χ3v) is 6.09. The van der Waals surface area contributed by atoms with Crippen molar-refractivity contribution >= 4 is 28.4 Å². The van der Waals surface area contributed by atoms with Gasteiger partial charge in [-0.05, 0) is 31.0 Å². The lowest BCUT2D eigenvalue weighted by atomic mass is 10.0. The van der Waals surface area contributed by atoms with Crippen molar-refractivity contribution in [2.75, 3.05) is 31.1 Å². The van der Waals surface area contributed by atoms with Crippen molar-refractivity contribution in [1.82, 2.24) is 14.5 Å². The number of hydrogen-bond donors (Lipinski definition) is 0. The molecule has 174 valence electrons. The molecule has 0 radical (unpaired) electrons. The van der Waals surface area contributed by atoms with E-state index in [1.807, 2.05) is 18.7 Å². The van der Waals surface area contributed by atoms with Crippen molar-refractivity contribution in [2.45, 2.75) is 26.8 Å². The molecule has 0 N–H and O–H groups in total. The van der Waals surface area contributed by atoms with Crippen LogP contribution >= 0.6 is 0 Å². The molecule has 0 spiro atoms. The van der Waals surface area contributed by atoms with Crippen molar-refractivity contribution in [2.24, 2.45) is 5.92 Å². The van der Waals surface area contributed by atoms with Crippen LogP contribution in [0.15, 0.2) is 36.7 Å². The zero-order valence-corrected chi connectivity index (χ0v) is 18.7. The molecular formula is C24H25F3N4O2. The van der Waals surface area contributed by atoms with Gasteiger partial charge in [0.05, 0.1) is 23.0 Å². The first-order chi connectivity index (χ1) is 15.7. The average molecular weight is 458 g/mol. The monoisotopic (exact) mass is 458 g/mol. The number of carbonyl (C=O) groups is 2. The molecule has 2 heterocycles. The normalized spacial score (nSPS) is 15.4. The highest BCUT2D eigenvalue weighted by Gasteiger charge is 2.32. The smallest absolute Gasteiger partial charge is 0.246 e. The Morgan fingerprint density at radius 2 is 1.61 bits per heavy atom. The second kappa shape index (κ2) is 8.88. The number of fused-ring (bicyclic) bond motifs is 1. The molecule has 6 nitrogen and oxygen atoms in total. The Kier molecular flexibility index (Phi) is 6.14. The zero-order chi connectivity index (χ0) is 23.9. The number of rotatable bonds is 5. The van der Waals surface area contributed by atoms with E-state index in [-0.39, 0.29) is 23.1 Å². The Bertz CT molecular complexity index is 1220. The second-order valence-corrected chi connectivity index (χ2v) is 8.63. The lowest BCUT2D eigenvalue weighted by Crippen LogP contribution is -2.51.